The van der Waals surface area contributed by atoms with E-state index in [-0.39, 0.29) is 12.3 Å². The molecular weight excluding hydrogens is 717 g/mol. The SMILES string of the molecule is c1ccc(C2N=C(c3cccc4oc5cc(-c6cccc7c6sc6cc(-n8c9ccccc9c9ccccc98)ccc67)ccc5c34)NC(c3ccccc3)N2)cc1. The second-order valence-electron chi connectivity index (χ2n) is 14.8. The first kappa shape index (κ1) is 32.3. The lowest BCUT2D eigenvalue weighted by Crippen LogP contribution is -2.45. The Morgan fingerprint density at radius 3 is 1.98 bits per heavy atom. The minimum Gasteiger partial charge on any atom is -0.456 e. The summed E-state index contributed by atoms with van der Waals surface area (Å²) < 4.78 is 11.6. The van der Waals surface area contributed by atoms with Crippen LogP contribution in [0, 0.1) is 0 Å². The highest BCUT2D eigenvalue weighted by molar-refractivity contribution is 7.26. The highest BCUT2D eigenvalue weighted by Gasteiger charge is 2.27. The lowest BCUT2D eigenvalue weighted by atomic mass is 9.99. The second kappa shape index (κ2) is 12.8. The molecule has 2 unspecified atom stereocenters. The van der Waals surface area contributed by atoms with Crippen molar-refractivity contribution in [3.8, 4) is 16.8 Å². The fraction of sp³-hybridized carbons (Fsp3) is 0.0392. The second-order valence-corrected chi connectivity index (χ2v) is 15.8. The molecule has 12 rings (SSSR count). The smallest absolute Gasteiger partial charge is 0.136 e. The minimum absolute atomic E-state index is 0.121. The number of thiophene rings is 1. The van der Waals surface area contributed by atoms with Gasteiger partial charge in [-0.25, -0.2) is 4.99 Å². The molecule has 6 heteroatoms. The van der Waals surface area contributed by atoms with E-state index in [1.165, 1.54) is 53.2 Å². The molecule has 1 aliphatic rings. The first-order chi connectivity index (χ1) is 28.2. The molecule has 57 heavy (non-hydrogen) atoms. The van der Waals surface area contributed by atoms with E-state index in [0.717, 1.165) is 50.0 Å². The number of furan rings is 1. The van der Waals surface area contributed by atoms with Crippen LogP contribution >= 0.6 is 11.3 Å². The van der Waals surface area contributed by atoms with Crippen molar-refractivity contribution in [1.82, 2.24) is 15.2 Å². The van der Waals surface area contributed by atoms with E-state index in [1.807, 2.05) is 23.5 Å². The Kier molecular flexibility index (Phi) is 7.24. The zero-order valence-corrected chi connectivity index (χ0v) is 31.5. The number of aromatic nitrogens is 1. The van der Waals surface area contributed by atoms with Crippen LogP contribution in [-0.2, 0) is 0 Å². The van der Waals surface area contributed by atoms with Crippen molar-refractivity contribution in [1.29, 1.82) is 0 Å². The Morgan fingerprint density at radius 1 is 0.526 bits per heavy atom. The summed E-state index contributed by atoms with van der Waals surface area (Å²) in [6.45, 7) is 0. The summed E-state index contributed by atoms with van der Waals surface area (Å²) in [6.07, 6.45) is -0.337. The van der Waals surface area contributed by atoms with Gasteiger partial charge in [0.05, 0.1) is 11.0 Å². The maximum absolute atomic E-state index is 6.67. The molecule has 0 radical (unpaired) electrons. The first-order valence-electron chi connectivity index (χ1n) is 19.4. The van der Waals surface area contributed by atoms with Gasteiger partial charge in [-0.1, -0.05) is 140 Å². The molecule has 5 nitrogen and oxygen atoms in total. The molecule has 4 heterocycles. The molecule has 0 saturated heterocycles. The molecule has 270 valence electrons. The van der Waals surface area contributed by atoms with Gasteiger partial charge in [-0.3, -0.25) is 5.32 Å². The first-order valence-corrected chi connectivity index (χ1v) is 20.2. The maximum atomic E-state index is 6.67. The standard InChI is InChI=1S/C51H34N4OS/c1-3-13-31(14-4-1)49-52-50(32-15-5-2-6-16-32)54-51(53-49)41-21-12-24-44-47(41)40-27-25-33(29-45(40)56-44)35-19-11-20-39-38-28-26-34(30-46(38)57-48(35)39)55-42-22-9-7-17-36(42)37-18-8-10-23-43(37)55/h1-30,49-50,52H,(H,53,54). The van der Waals surface area contributed by atoms with Crippen molar-refractivity contribution in [2.45, 2.75) is 12.3 Å². The van der Waals surface area contributed by atoms with Crippen LogP contribution in [0.15, 0.2) is 191 Å². The molecule has 0 amide bonds. The summed E-state index contributed by atoms with van der Waals surface area (Å²) in [5, 5.41) is 14.7. The molecule has 2 N–H and O–H groups in total. The third-order valence-corrected chi connectivity index (χ3v) is 12.7. The Balaban J connectivity index is 0.966. The van der Waals surface area contributed by atoms with Gasteiger partial charge in [-0.15, -0.1) is 11.3 Å². The zero-order valence-electron chi connectivity index (χ0n) is 30.7. The number of fused-ring (bicyclic) bond motifs is 9. The molecule has 8 aromatic carbocycles. The molecule has 0 bridgehead atoms. The number of aliphatic imine (C=N–C) groups is 1. The Bertz CT molecular complexity index is 3320. The molecule has 1 aliphatic heterocycles. The molecular formula is C51H34N4OS. The van der Waals surface area contributed by atoms with E-state index < -0.39 is 0 Å². The lowest BCUT2D eigenvalue weighted by Gasteiger charge is -2.32. The molecule has 2 atom stereocenters. The van der Waals surface area contributed by atoms with Crippen molar-refractivity contribution in [3.63, 3.8) is 0 Å². The van der Waals surface area contributed by atoms with Gasteiger partial charge in [-0.2, -0.15) is 0 Å². The number of nitrogens with one attached hydrogen (secondary N) is 2. The third kappa shape index (κ3) is 5.15. The third-order valence-electron chi connectivity index (χ3n) is 11.5. The van der Waals surface area contributed by atoms with E-state index in [2.05, 4.69) is 185 Å². The van der Waals surface area contributed by atoms with Crippen LogP contribution in [0.3, 0.4) is 0 Å². The van der Waals surface area contributed by atoms with Crippen molar-refractivity contribution < 1.29 is 4.42 Å². The van der Waals surface area contributed by atoms with Gasteiger partial charge in [0.25, 0.3) is 0 Å². The number of hydrogen-bond donors (Lipinski definition) is 2. The van der Waals surface area contributed by atoms with Gasteiger partial charge in [0, 0.05) is 53.0 Å². The van der Waals surface area contributed by atoms with Crippen LogP contribution in [-0.4, -0.2) is 10.4 Å². The molecule has 0 aliphatic carbocycles. The fourth-order valence-corrected chi connectivity index (χ4v) is 10.1. The predicted octanol–water partition coefficient (Wildman–Crippen LogP) is 13.1. The number of rotatable bonds is 5. The van der Waals surface area contributed by atoms with Crippen LogP contribution < -0.4 is 10.6 Å². The van der Waals surface area contributed by atoms with E-state index in [4.69, 9.17) is 9.41 Å². The lowest BCUT2D eigenvalue weighted by molar-refractivity contribution is 0.409. The number of hydrogen-bond acceptors (Lipinski definition) is 5. The highest BCUT2D eigenvalue weighted by Crippen LogP contribution is 2.43. The van der Waals surface area contributed by atoms with Crippen molar-refractivity contribution in [3.05, 3.63) is 199 Å². The van der Waals surface area contributed by atoms with E-state index in [0.29, 0.717) is 0 Å². The van der Waals surface area contributed by atoms with Crippen LogP contribution in [0.4, 0.5) is 0 Å². The van der Waals surface area contributed by atoms with Gasteiger partial charge in [-0.05, 0) is 64.7 Å². The number of nitrogens with zero attached hydrogens (tertiary/aromatic N) is 2. The van der Waals surface area contributed by atoms with E-state index in [1.54, 1.807) is 0 Å². The van der Waals surface area contributed by atoms with Crippen LogP contribution in [0.2, 0.25) is 0 Å². The van der Waals surface area contributed by atoms with Gasteiger partial charge in [0.15, 0.2) is 0 Å². The summed E-state index contributed by atoms with van der Waals surface area (Å²) in [4.78, 5) is 5.26. The number of benzene rings is 8. The Labute approximate surface area is 332 Å². The summed E-state index contributed by atoms with van der Waals surface area (Å²) in [6, 6.07) is 64.9. The highest BCUT2D eigenvalue weighted by atomic mass is 32.1. The van der Waals surface area contributed by atoms with Gasteiger partial charge in [0.1, 0.15) is 29.3 Å². The Morgan fingerprint density at radius 2 is 1.19 bits per heavy atom. The molecule has 0 saturated carbocycles. The predicted molar refractivity (Wildman–Crippen MR) is 238 cm³/mol. The van der Waals surface area contributed by atoms with Crippen LogP contribution in [0.5, 0.6) is 0 Å². The molecule has 3 aromatic heterocycles. The monoisotopic (exact) mass is 750 g/mol. The summed E-state index contributed by atoms with van der Waals surface area (Å²) >= 11 is 1.86. The normalized spacial score (nSPS) is 15.9. The van der Waals surface area contributed by atoms with Gasteiger partial charge < -0.3 is 14.3 Å². The minimum atomic E-state index is -0.215. The molecule has 0 fully saturated rings. The summed E-state index contributed by atoms with van der Waals surface area (Å²) in [5.74, 6) is 0.837. The molecule has 0 spiro atoms. The topological polar surface area (TPSA) is 54.5 Å². The van der Waals surface area contributed by atoms with E-state index >= 15 is 0 Å². The van der Waals surface area contributed by atoms with Crippen molar-refractivity contribution in [2.75, 3.05) is 0 Å². The zero-order chi connectivity index (χ0) is 37.5. The fourth-order valence-electron chi connectivity index (χ4n) is 8.86. The average molecular weight is 751 g/mol. The number of para-hydroxylation sites is 2. The van der Waals surface area contributed by atoms with Crippen molar-refractivity contribution >= 4 is 81.1 Å². The number of amidine groups is 1. The quantitative estimate of drug-likeness (QED) is 0.184. The largest absolute Gasteiger partial charge is 0.456 e. The van der Waals surface area contributed by atoms with E-state index in [9.17, 15) is 0 Å². The summed E-state index contributed by atoms with van der Waals surface area (Å²) in [5.41, 5.74) is 10.9. The van der Waals surface area contributed by atoms with Crippen LogP contribution in [0.1, 0.15) is 29.0 Å². The van der Waals surface area contributed by atoms with Gasteiger partial charge in [0.2, 0.25) is 0 Å². The van der Waals surface area contributed by atoms with Crippen molar-refractivity contribution in [2.24, 2.45) is 4.99 Å². The summed E-state index contributed by atoms with van der Waals surface area (Å²) in [7, 11) is 0. The maximum Gasteiger partial charge on any atom is 0.136 e. The molecule has 11 aromatic rings. The van der Waals surface area contributed by atoms with Crippen LogP contribution in [0.25, 0.3) is 80.7 Å². The Hall–Kier alpha value is -6.99. The van der Waals surface area contributed by atoms with Gasteiger partial charge >= 0.3 is 0 Å². The average Bonchev–Trinajstić information content (AvgIpc) is 3.96.